The second-order valence-corrected chi connectivity index (χ2v) is 22.7. The molecule has 12 atom stereocenters. The minimum atomic E-state index is -2.26. The lowest BCUT2D eigenvalue weighted by Gasteiger charge is -2.67. The Balaban J connectivity index is 0.926. The normalized spacial score (nSPS) is 33.6. The van der Waals surface area contributed by atoms with Crippen LogP contribution in [0, 0.1) is 22.2 Å². The Bertz CT molecular complexity index is 2570. The van der Waals surface area contributed by atoms with E-state index in [1.807, 2.05) is 69.3 Å². The van der Waals surface area contributed by atoms with Crippen molar-refractivity contribution in [3.05, 3.63) is 119 Å². The number of amides is 2. The first-order valence-electron chi connectivity index (χ1n) is 23.8. The first-order valence-corrected chi connectivity index (χ1v) is 25.6. The van der Waals surface area contributed by atoms with E-state index in [4.69, 9.17) is 9.47 Å². The number of benzene rings is 3. The molecule has 0 spiro atoms. The van der Waals surface area contributed by atoms with Gasteiger partial charge < -0.3 is 35.4 Å². The quantitative estimate of drug-likeness (QED) is 0.0925. The van der Waals surface area contributed by atoms with E-state index < -0.39 is 87.6 Å². The van der Waals surface area contributed by atoms with Crippen LogP contribution in [0.3, 0.4) is 0 Å². The number of carbonyl (C=O) groups excluding carboxylic acids is 3. The number of carbonyl (C=O) groups is 4. The third kappa shape index (κ3) is 8.72. The summed E-state index contributed by atoms with van der Waals surface area (Å²) in [5, 5.41) is 37.0. The molecule has 3 aromatic rings. The molecule has 3 aromatic carbocycles. The monoisotopic (exact) mass is 984 g/mol. The molecule has 0 radical (unpaired) electrons. The third-order valence-corrected chi connectivity index (χ3v) is 18.4. The van der Waals surface area contributed by atoms with Gasteiger partial charge in [-0.1, -0.05) is 94.8 Å². The fourth-order valence-electron chi connectivity index (χ4n) is 12.1. The van der Waals surface area contributed by atoms with E-state index in [0.717, 1.165) is 34.6 Å². The zero-order valence-electron chi connectivity index (χ0n) is 39.8. The van der Waals surface area contributed by atoms with Crippen molar-refractivity contribution in [3.8, 4) is 0 Å². The summed E-state index contributed by atoms with van der Waals surface area (Å²) >= 11 is 2.81. The summed E-state index contributed by atoms with van der Waals surface area (Å²) in [6.45, 7) is 10.4. The molecule has 8 rings (SSSR count). The van der Waals surface area contributed by atoms with Gasteiger partial charge >= 0.3 is 5.97 Å². The number of fused-ring (bicyclic) bond motifs is 7. The van der Waals surface area contributed by atoms with Gasteiger partial charge in [-0.25, -0.2) is 8.78 Å². The Morgan fingerprint density at radius 1 is 0.971 bits per heavy atom. The molecule has 0 bridgehead atoms. The maximum absolute atomic E-state index is 18.2. The van der Waals surface area contributed by atoms with Crippen LogP contribution < -0.4 is 10.6 Å². The van der Waals surface area contributed by atoms with Crippen LogP contribution in [0.5, 0.6) is 0 Å². The molecule has 15 heteroatoms. The smallest absolute Gasteiger partial charge is 0.305 e. The lowest BCUT2D eigenvalue weighted by molar-refractivity contribution is -0.263. The number of Topliss-reactive ketones (excluding diaryl/α,β-unsaturated/α-hetero) is 1. The van der Waals surface area contributed by atoms with Gasteiger partial charge in [-0.3, -0.25) is 19.2 Å². The SMILES string of the molecule is C/C=C1\C=C[C@@]2(C)C(=C1)[C@@H](F)C[C@@H]1[C@]2(F)[C@@H](O)C[C@@]2(C)[C@@]1(C)C[C@H]1O[C@@H](c3ccc(Sc4cccc(NC(=O)c5ccc(NC(=O)C(CC(=O)O)SC(C)CCCC)cc5)c4)cc3)O[C@]12C(=O)CO. The lowest BCUT2D eigenvalue weighted by atomic mass is 9.39. The Labute approximate surface area is 411 Å². The molecule has 3 saturated carbocycles. The number of anilines is 2. The molecule has 4 aliphatic carbocycles. The number of unbranched alkanes of at least 4 members (excludes halogenated alkanes) is 1. The van der Waals surface area contributed by atoms with Crippen molar-refractivity contribution in [2.24, 2.45) is 22.2 Å². The zero-order valence-corrected chi connectivity index (χ0v) is 41.4. The molecule has 1 aliphatic heterocycles. The highest BCUT2D eigenvalue weighted by molar-refractivity contribution is 8.01. The Kier molecular flexibility index (Phi) is 14.4. The van der Waals surface area contributed by atoms with Crippen LogP contribution in [0.4, 0.5) is 20.2 Å². The number of alkyl halides is 2. The number of halogens is 2. The van der Waals surface area contributed by atoms with Gasteiger partial charge in [0.2, 0.25) is 5.91 Å². The zero-order chi connectivity index (χ0) is 49.7. The lowest BCUT2D eigenvalue weighted by Crippen LogP contribution is -2.73. The maximum Gasteiger partial charge on any atom is 0.305 e. The largest absolute Gasteiger partial charge is 0.481 e. The number of ether oxygens (including phenoxy) is 2. The molecule has 4 fully saturated rings. The summed E-state index contributed by atoms with van der Waals surface area (Å²) in [5.74, 6) is -3.45. The van der Waals surface area contributed by atoms with Crippen molar-refractivity contribution in [2.75, 3.05) is 17.2 Å². The minimum Gasteiger partial charge on any atom is -0.481 e. The summed E-state index contributed by atoms with van der Waals surface area (Å²) in [4.78, 5) is 53.7. The van der Waals surface area contributed by atoms with Crippen molar-refractivity contribution in [1.29, 1.82) is 0 Å². The van der Waals surface area contributed by atoms with Crippen LogP contribution in [0.15, 0.2) is 118 Å². The Hall–Kier alpha value is -4.64. The second kappa shape index (κ2) is 19.5. The Morgan fingerprint density at radius 3 is 2.36 bits per heavy atom. The molecule has 2 unspecified atom stereocenters. The number of carboxylic acids is 1. The van der Waals surface area contributed by atoms with Crippen LogP contribution >= 0.6 is 23.5 Å². The predicted molar refractivity (Wildman–Crippen MR) is 264 cm³/mol. The predicted octanol–water partition coefficient (Wildman–Crippen LogP) is 10.6. The highest BCUT2D eigenvalue weighted by Gasteiger charge is 2.83. The minimum absolute atomic E-state index is 0.126. The van der Waals surface area contributed by atoms with Gasteiger partial charge in [0, 0.05) is 54.3 Å². The summed E-state index contributed by atoms with van der Waals surface area (Å²) in [7, 11) is 0. The highest BCUT2D eigenvalue weighted by atomic mass is 32.2. The van der Waals surface area contributed by atoms with Crippen LogP contribution in [-0.2, 0) is 23.9 Å². The van der Waals surface area contributed by atoms with E-state index >= 15 is 8.78 Å². The van der Waals surface area contributed by atoms with Crippen molar-refractivity contribution < 1.29 is 52.8 Å². The molecule has 1 heterocycles. The average molecular weight is 985 g/mol. The summed E-state index contributed by atoms with van der Waals surface area (Å²) < 4.78 is 48.0. The maximum atomic E-state index is 18.2. The summed E-state index contributed by atoms with van der Waals surface area (Å²) in [6, 6.07) is 21.1. The summed E-state index contributed by atoms with van der Waals surface area (Å²) in [6.07, 6.45) is 4.38. The standard InChI is InChI=1S/C54H62F2N2O9S2/c1-7-9-11-31(3)68-41(27-46(62)63)48(65)57-35-18-14-33(15-19-35)47(64)58-36-12-10-13-38(25-36)69-37-20-16-34(17-21-37)49-66-45-29-51(5)42-26-40(55)39-24-32(8-2)22-23-50(39,4)53(42,56)43(60)28-52(51,6)54(45,67-49)44(61)30-59/h8,10,12-25,31,40-43,45,49,59-60H,7,9,11,26-30H2,1-6H3,(H,57,65)(H,58,64)(H,62,63)/b32-8+/t31?,40-,41?,42-,43-,45+,49+,50-,51-,52-,53-,54+/m0/s1. The Morgan fingerprint density at radius 2 is 1.70 bits per heavy atom. The van der Waals surface area contributed by atoms with Gasteiger partial charge in [-0.15, -0.1) is 11.8 Å². The number of aliphatic hydroxyl groups excluding tert-OH is 2. The fraction of sp³-hybridized carbons (Fsp3) is 0.481. The van der Waals surface area contributed by atoms with Gasteiger partial charge in [0.1, 0.15) is 12.8 Å². The van der Waals surface area contributed by atoms with Crippen molar-refractivity contribution in [2.45, 2.75) is 143 Å². The number of aliphatic carboxylic acids is 1. The van der Waals surface area contributed by atoms with Gasteiger partial charge in [0.25, 0.3) is 5.91 Å². The second-order valence-electron chi connectivity index (χ2n) is 19.9. The van der Waals surface area contributed by atoms with Crippen LogP contribution in [0.1, 0.15) is 109 Å². The van der Waals surface area contributed by atoms with E-state index in [9.17, 15) is 34.5 Å². The number of ketones is 1. The third-order valence-electron chi connectivity index (χ3n) is 16.0. The molecule has 5 N–H and O–H groups in total. The van der Waals surface area contributed by atoms with Crippen LogP contribution in [-0.4, -0.2) is 85.6 Å². The number of thioether (sulfide) groups is 1. The van der Waals surface area contributed by atoms with E-state index in [2.05, 4.69) is 17.6 Å². The van der Waals surface area contributed by atoms with Gasteiger partial charge in [0.05, 0.1) is 23.9 Å². The molecule has 11 nitrogen and oxygen atoms in total. The van der Waals surface area contributed by atoms with E-state index in [1.54, 1.807) is 62.4 Å². The number of aliphatic hydroxyl groups is 2. The topological polar surface area (TPSA) is 171 Å². The molecule has 2 amide bonds. The van der Waals surface area contributed by atoms with Gasteiger partial charge in [-0.2, -0.15) is 0 Å². The molecule has 1 saturated heterocycles. The van der Waals surface area contributed by atoms with Crippen molar-refractivity contribution in [1.82, 2.24) is 0 Å². The molecule has 69 heavy (non-hydrogen) atoms. The molecule has 368 valence electrons. The fourth-order valence-corrected chi connectivity index (χ4v) is 14.3. The van der Waals surface area contributed by atoms with Crippen LogP contribution in [0.25, 0.3) is 0 Å². The average Bonchev–Trinajstić information content (AvgIpc) is 3.79. The number of hydrogen-bond acceptors (Lipinski definition) is 10. The molecular formula is C54H62F2N2O9S2. The van der Waals surface area contributed by atoms with Crippen LogP contribution in [0.2, 0.25) is 0 Å². The molecule has 0 aromatic heterocycles. The number of nitrogens with one attached hydrogen (secondary N) is 2. The molecule has 5 aliphatic rings. The number of carboxylic acid groups (broad SMARTS) is 1. The van der Waals surface area contributed by atoms with Crippen molar-refractivity contribution in [3.63, 3.8) is 0 Å². The van der Waals surface area contributed by atoms with Gasteiger partial charge in [-0.05, 0) is 111 Å². The molecular weight excluding hydrogens is 923 g/mol. The van der Waals surface area contributed by atoms with E-state index in [1.165, 1.54) is 23.5 Å². The highest BCUT2D eigenvalue weighted by Crippen LogP contribution is 2.77. The first-order chi connectivity index (χ1) is 32.8. The summed E-state index contributed by atoms with van der Waals surface area (Å²) in [5.41, 5.74) is -4.73. The number of allylic oxidation sites excluding steroid dienone is 6. The van der Waals surface area contributed by atoms with Gasteiger partial charge in [0.15, 0.2) is 23.3 Å². The van der Waals surface area contributed by atoms with E-state index in [0.29, 0.717) is 28.1 Å². The van der Waals surface area contributed by atoms with Crippen molar-refractivity contribution >= 4 is 58.5 Å². The number of hydrogen-bond donors (Lipinski definition) is 5. The number of rotatable bonds is 16. The van der Waals surface area contributed by atoms with E-state index in [-0.39, 0.29) is 36.8 Å². The first kappa shape index (κ1) is 50.7.